The Balaban J connectivity index is 2.70. The van der Waals surface area contributed by atoms with Gasteiger partial charge in [-0.15, -0.1) is 0 Å². The van der Waals surface area contributed by atoms with E-state index in [1.54, 1.807) is 0 Å². The van der Waals surface area contributed by atoms with Gasteiger partial charge in [0.1, 0.15) is 6.61 Å². The Morgan fingerprint density at radius 3 is 2.19 bits per heavy atom. The number of hydrogen-bond donors (Lipinski definition) is 1. The summed E-state index contributed by atoms with van der Waals surface area (Å²) >= 11 is 0. The molecule has 21 heavy (non-hydrogen) atoms. The minimum Gasteiger partial charge on any atom is -0.374 e. The molecule has 0 saturated carbocycles. The maximum atomic E-state index is 5.39. The van der Waals surface area contributed by atoms with Gasteiger partial charge in [-0.3, -0.25) is 0 Å². The normalized spacial score (nSPS) is 13.5. The van der Waals surface area contributed by atoms with Crippen LogP contribution in [0.25, 0.3) is 0 Å². The standard InChI is InChI=1S/C17H31N3O/c1-8-21-11-16-19-13(3)15(14(4)20-16)9-12(2)10-18-17(5,6)7/h12,18H,8-11H2,1-7H3. The molecule has 120 valence electrons. The third kappa shape index (κ3) is 6.53. The van der Waals surface area contributed by atoms with E-state index in [0.717, 1.165) is 30.2 Å². The molecule has 0 saturated heterocycles. The fourth-order valence-electron chi connectivity index (χ4n) is 2.26. The van der Waals surface area contributed by atoms with Crippen molar-refractivity contribution >= 4 is 0 Å². The summed E-state index contributed by atoms with van der Waals surface area (Å²) < 4.78 is 5.39. The van der Waals surface area contributed by atoms with Gasteiger partial charge in [0.05, 0.1) is 0 Å². The van der Waals surface area contributed by atoms with Crippen LogP contribution in [0.1, 0.15) is 57.4 Å². The van der Waals surface area contributed by atoms with Crippen LogP contribution in [0.2, 0.25) is 0 Å². The molecule has 4 nitrogen and oxygen atoms in total. The molecule has 1 N–H and O–H groups in total. The molecule has 0 radical (unpaired) electrons. The second kappa shape index (κ2) is 7.85. The topological polar surface area (TPSA) is 47.0 Å². The highest BCUT2D eigenvalue weighted by molar-refractivity contribution is 5.24. The van der Waals surface area contributed by atoms with Crippen molar-refractivity contribution in [2.75, 3.05) is 13.2 Å². The van der Waals surface area contributed by atoms with E-state index in [4.69, 9.17) is 4.74 Å². The van der Waals surface area contributed by atoms with Crippen molar-refractivity contribution in [3.8, 4) is 0 Å². The Morgan fingerprint density at radius 1 is 1.14 bits per heavy atom. The van der Waals surface area contributed by atoms with E-state index in [1.807, 2.05) is 6.92 Å². The summed E-state index contributed by atoms with van der Waals surface area (Å²) in [5.74, 6) is 1.35. The van der Waals surface area contributed by atoms with Crippen LogP contribution in [0.5, 0.6) is 0 Å². The molecule has 1 aromatic rings. The minimum absolute atomic E-state index is 0.163. The zero-order chi connectivity index (χ0) is 16.0. The first-order valence-electron chi connectivity index (χ1n) is 7.88. The molecule has 0 aliphatic rings. The molecule has 1 atom stereocenters. The van der Waals surface area contributed by atoms with Gasteiger partial charge >= 0.3 is 0 Å². The number of nitrogens with zero attached hydrogens (tertiary/aromatic N) is 2. The van der Waals surface area contributed by atoms with E-state index in [0.29, 0.717) is 19.1 Å². The van der Waals surface area contributed by atoms with Gasteiger partial charge in [-0.2, -0.15) is 0 Å². The van der Waals surface area contributed by atoms with Crippen molar-refractivity contribution in [1.82, 2.24) is 15.3 Å². The SMILES string of the molecule is CCOCc1nc(C)c(CC(C)CNC(C)(C)C)c(C)n1. The van der Waals surface area contributed by atoms with Gasteiger partial charge in [-0.25, -0.2) is 9.97 Å². The van der Waals surface area contributed by atoms with Gasteiger partial charge in [-0.05, 0) is 66.0 Å². The molecule has 4 heteroatoms. The third-order valence-corrected chi connectivity index (χ3v) is 3.44. The van der Waals surface area contributed by atoms with Crippen LogP contribution in [0.15, 0.2) is 0 Å². The quantitative estimate of drug-likeness (QED) is 0.838. The molecule has 0 bridgehead atoms. The number of aromatic nitrogens is 2. The Labute approximate surface area is 129 Å². The monoisotopic (exact) mass is 293 g/mol. The predicted molar refractivity (Wildman–Crippen MR) is 87.5 cm³/mol. The Bertz CT molecular complexity index is 429. The van der Waals surface area contributed by atoms with Crippen molar-refractivity contribution < 1.29 is 4.74 Å². The molecular formula is C17H31N3O. The van der Waals surface area contributed by atoms with Gasteiger partial charge in [0, 0.05) is 23.5 Å². The third-order valence-electron chi connectivity index (χ3n) is 3.44. The number of hydrogen-bond acceptors (Lipinski definition) is 4. The molecule has 0 amide bonds. The molecule has 1 heterocycles. The smallest absolute Gasteiger partial charge is 0.154 e. The number of ether oxygens (including phenoxy) is 1. The Kier molecular flexibility index (Phi) is 6.75. The van der Waals surface area contributed by atoms with Crippen molar-refractivity contribution in [3.05, 3.63) is 22.8 Å². The molecule has 0 aromatic carbocycles. The van der Waals surface area contributed by atoms with E-state index in [1.165, 1.54) is 5.56 Å². The fourth-order valence-corrected chi connectivity index (χ4v) is 2.26. The largest absolute Gasteiger partial charge is 0.374 e. The lowest BCUT2D eigenvalue weighted by Crippen LogP contribution is -2.39. The highest BCUT2D eigenvalue weighted by Gasteiger charge is 2.15. The first-order chi connectivity index (χ1) is 9.73. The van der Waals surface area contributed by atoms with Crippen LogP contribution in [0.4, 0.5) is 0 Å². The number of aryl methyl sites for hydroxylation is 2. The summed E-state index contributed by atoms with van der Waals surface area (Å²) in [5, 5.41) is 3.56. The summed E-state index contributed by atoms with van der Waals surface area (Å²) in [6.07, 6.45) is 1.01. The highest BCUT2D eigenvalue weighted by atomic mass is 16.5. The highest BCUT2D eigenvalue weighted by Crippen LogP contribution is 2.16. The average molecular weight is 293 g/mol. The predicted octanol–water partition coefficient (Wildman–Crippen LogP) is 3.20. The van der Waals surface area contributed by atoms with Gasteiger partial charge in [0.25, 0.3) is 0 Å². The van der Waals surface area contributed by atoms with Crippen molar-refractivity contribution in [2.24, 2.45) is 5.92 Å². The molecule has 1 aromatic heterocycles. The van der Waals surface area contributed by atoms with E-state index in [2.05, 4.69) is 56.8 Å². The Morgan fingerprint density at radius 2 is 1.71 bits per heavy atom. The zero-order valence-electron chi connectivity index (χ0n) is 14.7. The zero-order valence-corrected chi connectivity index (χ0v) is 14.7. The van der Waals surface area contributed by atoms with Crippen LogP contribution in [-0.4, -0.2) is 28.7 Å². The van der Waals surface area contributed by atoms with Crippen LogP contribution in [-0.2, 0) is 17.8 Å². The summed E-state index contributed by atoms with van der Waals surface area (Å²) in [4.78, 5) is 9.15. The molecular weight excluding hydrogens is 262 g/mol. The average Bonchev–Trinajstić information content (AvgIpc) is 2.37. The molecule has 0 aliphatic carbocycles. The molecule has 1 unspecified atom stereocenters. The molecule has 0 spiro atoms. The lowest BCUT2D eigenvalue weighted by atomic mass is 9.97. The fraction of sp³-hybridized carbons (Fsp3) is 0.765. The molecule has 0 aliphatic heterocycles. The minimum atomic E-state index is 0.163. The van der Waals surface area contributed by atoms with Crippen LogP contribution < -0.4 is 5.32 Å². The number of rotatable bonds is 7. The maximum absolute atomic E-state index is 5.39. The second-order valence-electron chi connectivity index (χ2n) is 6.87. The van der Waals surface area contributed by atoms with Gasteiger partial charge in [0.2, 0.25) is 0 Å². The summed E-state index contributed by atoms with van der Waals surface area (Å²) in [6, 6.07) is 0. The van der Waals surface area contributed by atoms with Gasteiger partial charge < -0.3 is 10.1 Å². The van der Waals surface area contributed by atoms with Crippen molar-refractivity contribution in [3.63, 3.8) is 0 Å². The van der Waals surface area contributed by atoms with Crippen molar-refractivity contribution in [1.29, 1.82) is 0 Å². The van der Waals surface area contributed by atoms with Crippen LogP contribution >= 0.6 is 0 Å². The summed E-state index contributed by atoms with van der Waals surface area (Å²) in [6.45, 7) is 17.2. The molecule has 0 fully saturated rings. The lowest BCUT2D eigenvalue weighted by Gasteiger charge is -2.24. The Hall–Kier alpha value is -1.00. The van der Waals surface area contributed by atoms with Crippen LogP contribution in [0.3, 0.4) is 0 Å². The number of nitrogens with one attached hydrogen (secondary N) is 1. The van der Waals surface area contributed by atoms with Crippen LogP contribution in [0, 0.1) is 19.8 Å². The maximum Gasteiger partial charge on any atom is 0.154 e. The second-order valence-corrected chi connectivity index (χ2v) is 6.87. The van der Waals surface area contributed by atoms with E-state index in [-0.39, 0.29) is 5.54 Å². The van der Waals surface area contributed by atoms with E-state index >= 15 is 0 Å². The van der Waals surface area contributed by atoms with Crippen molar-refractivity contribution in [2.45, 2.75) is 67.0 Å². The summed E-state index contributed by atoms with van der Waals surface area (Å²) in [5.41, 5.74) is 3.61. The van der Waals surface area contributed by atoms with E-state index in [9.17, 15) is 0 Å². The summed E-state index contributed by atoms with van der Waals surface area (Å²) in [7, 11) is 0. The first kappa shape index (κ1) is 18.1. The molecule has 1 rings (SSSR count). The first-order valence-corrected chi connectivity index (χ1v) is 7.88. The lowest BCUT2D eigenvalue weighted by molar-refractivity contribution is 0.128. The van der Waals surface area contributed by atoms with Gasteiger partial charge in [-0.1, -0.05) is 6.92 Å². The van der Waals surface area contributed by atoms with E-state index < -0.39 is 0 Å². The van der Waals surface area contributed by atoms with Gasteiger partial charge in [0.15, 0.2) is 5.82 Å².